The van der Waals surface area contributed by atoms with Crippen molar-refractivity contribution >= 4 is 5.97 Å². The van der Waals surface area contributed by atoms with Crippen molar-refractivity contribution in [1.82, 2.24) is 0 Å². The second kappa shape index (κ2) is 15.7. The Kier molecular flexibility index (Phi) is 15.4. The van der Waals surface area contributed by atoms with Crippen LogP contribution in [0.1, 0.15) is 99.9 Å². The molecule has 0 aliphatic carbocycles. The normalized spacial score (nSPS) is 10.4. The Morgan fingerprint density at radius 1 is 0.840 bits per heavy atom. The maximum absolute atomic E-state index is 11.5. The van der Waals surface area contributed by atoms with Crippen molar-refractivity contribution in [2.45, 2.75) is 90.4 Å². The predicted octanol–water partition coefficient (Wildman–Crippen LogP) is 2.71. The standard InChI is InChI=1S/C21H34O3.Na/c1-2-3-4-5-6-7-8-9-10-11-12-13-14-18-15-19(21(23)24)17-20(22)16-18;/h15-17,22H,2-14H2,1H3,(H,23,24);/q;+1/p-1. The van der Waals surface area contributed by atoms with Crippen LogP contribution in [-0.4, -0.2) is 11.1 Å². The molecule has 0 bridgehead atoms. The van der Waals surface area contributed by atoms with E-state index < -0.39 is 5.97 Å². The van der Waals surface area contributed by atoms with Gasteiger partial charge in [0.1, 0.15) is 0 Å². The molecule has 3 nitrogen and oxygen atoms in total. The minimum absolute atomic E-state index is 0. The summed E-state index contributed by atoms with van der Waals surface area (Å²) < 4.78 is 0. The number of carboxylic acids is 1. The molecule has 0 heterocycles. The molecule has 0 saturated heterocycles. The van der Waals surface area contributed by atoms with Gasteiger partial charge in [0.05, 0.1) is 5.56 Å². The van der Waals surface area contributed by atoms with Crippen LogP contribution >= 0.6 is 0 Å². The maximum Gasteiger partial charge on any atom is 1.00 e. The summed E-state index contributed by atoms with van der Waals surface area (Å²) in [4.78, 5) is 10.9. The monoisotopic (exact) mass is 356 g/mol. The van der Waals surface area contributed by atoms with E-state index in [1.54, 1.807) is 12.1 Å². The van der Waals surface area contributed by atoms with Gasteiger partial charge in [-0.3, -0.25) is 0 Å². The van der Waals surface area contributed by atoms with Crippen LogP contribution in [0.25, 0.3) is 0 Å². The van der Waals surface area contributed by atoms with Gasteiger partial charge in [0, 0.05) is 0 Å². The molecule has 25 heavy (non-hydrogen) atoms. The van der Waals surface area contributed by atoms with Crippen LogP contribution in [-0.2, 0) is 6.42 Å². The molecule has 1 aromatic carbocycles. The molecule has 0 fully saturated rings. The Hall–Kier alpha value is -0.510. The predicted molar refractivity (Wildman–Crippen MR) is 97.6 cm³/mol. The largest absolute Gasteiger partial charge is 1.00 e. The molecule has 0 spiro atoms. The summed E-state index contributed by atoms with van der Waals surface area (Å²) in [6.45, 7) is 2.25. The van der Waals surface area contributed by atoms with Crippen LogP contribution in [0.3, 0.4) is 0 Å². The van der Waals surface area contributed by atoms with Crippen molar-refractivity contribution in [2.75, 3.05) is 0 Å². The quantitative estimate of drug-likeness (QED) is 0.412. The Morgan fingerprint density at radius 3 is 1.80 bits per heavy atom. The molecule has 0 aromatic heterocycles. The summed E-state index contributed by atoms with van der Waals surface area (Å²) >= 11 is 0. The second-order valence-corrected chi connectivity index (χ2v) is 6.81. The molecule has 0 unspecified atom stereocenters. The van der Waals surface area contributed by atoms with Crippen molar-refractivity contribution in [3.05, 3.63) is 29.3 Å². The molecule has 4 heteroatoms. The fraction of sp³-hybridized carbons (Fsp3) is 0.667. The molecule has 0 atom stereocenters. The van der Waals surface area contributed by atoms with E-state index in [1.807, 2.05) is 0 Å². The van der Waals surface area contributed by atoms with E-state index in [9.17, 15) is 9.90 Å². The molecule has 1 rings (SSSR count). The van der Waals surface area contributed by atoms with Gasteiger partial charge in [0.2, 0.25) is 0 Å². The van der Waals surface area contributed by atoms with E-state index in [1.165, 1.54) is 70.3 Å². The van der Waals surface area contributed by atoms with Crippen molar-refractivity contribution in [3.63, 3.8) is 0 Å². The van der Waals surface area contributed by atoms with E-state index >= 15 is 0 Å². The van der Waals surface area contributed by atoms with Gasteiger partial charge < -0.3 is 10.2 Å². The number of carbonyl (C=O) groups is 1. The first kappa shape index (κ1) is 24.5. The first-order valence-corrected chi connectivity index (χ1v) is 9.67. The van der Waals surface area contributed by atoms with Crippen LogP contribution in [0, 0.1) is 0 Å². The molecule has 0 aliphatic rings. The number of hydrogen-bond donors (Lipinski definition) is 1. The fourth-order valence-corrected chi connectivity index (χ4v) is 3.10. The average Bonchev–Trinajstić information content (AvgIpc) is 2.55. The number of unbranched alkanes of at least 4 members (excludes halogenated alkanes) is 11. The molecule has 1 N–H and O–H groups in total. The molecule has 0 saturated carbocycles. The van der Waals surface area contributed by atoms with Crippen LogP contribution in [0.15, 0.2) is 18.2 Å². The third-order valence-electron chi connectivity index (χ3n) is 4.53. The van der Waals surface area contributed by atoms with Gasteiger partial charge in [-0.05, 0) is 24.5 Å². The van der Waals surface area contributed by atoms with Gasteiger partial charge in [-0.15, -0.1) is 5.75 Å². The second-order valence-electron chi connectivity index (χ2n) is 6.81. The maximum atomic E-state index is 11.5. The van der Waals surface area contributed by atoms with Crippen LogP contribution in [0.4, 0.5) is 0 Å². The number of aromatic carboxylic acids is 1. The zero-order chi connectivity index (χ0) is 17.6. The van der Waals surface area contributed by atoms with Gasteiger partial charge >= 0.3 is 35.5 Å². The van der Waals surface area contributed by atoms with Crippen molar-refractivity contribution in [3.8, 4) is 5.75 Å². The molecule has 0 radical (unpaired) electrons. The summed E-state index contributed by atoms with van der Waals surface area (Å²) in [5.74, 6) is -1.23. The Morgan fingerprint density at radius 2 is 1.32 bits per heavy atom. The smallest absolute Gasteiger partial charge is 0.872 e. The van der Waals surface area contributed by atoms with Crippen molar-refractivity contribution in [1.29, 1.82) is 0 Å². The average molecular weight is 356 g/mol. The van der Waals surface area contributed by atoms with Gasteiger partial charge in [-0.1, -0.05) is 89.7 Å². The van der Waals surface area contributed by atoms with Gasteiger partial charge in [0.15, 0.2) is 0 Å². The minimum atomic E-state index is -1.02. The number of aryl methyl sites for hydroxylation is 1. The number of benzene rings is 1. The van der Waals surface area contributed by atoms with Gasteiger partial charge in [0.25, 0.3) is 0 Å². The number of carboxylic acid groups (broad SMARTS) is 1. The van der Waals surface area contributed by atoms with Crippen molar-refractivity contribution < 1.29 is 44.6 Å². The Labute approximate surface area is 175 Å². The Bertz CT molecular complexity index is 474. The van der Waals surface area contributed by atoms with Crippen LogP contribution in [0.5, 0.6) is 5.75 Å². The third kappa shape index (κ3) is 12.5. The van der Waals surface area contributed by atoms with Crippen LogP contribution in [0.2, 0.25) is 0 Å². The first-order valence-electron chi connectivity index (χ1n) is 9.67. The molecular formula is C21H33NaO3. The first-order chi connectivity index (χ1) is 11.6. The van der Waals surface area contributed by atoms with E-state index in [4.69, 9.17) is 5.11 Å². The van der Waals surface area contributed by atoms with Gasteiger partial charge in [-0.2, -0.15) is 0 Å². The van der Waals surface area contributed by atoms with E-state index in [-0.39, 0.29) is 40.9 Å². The molecule has 0 aliphatic heterocycles. The summed E-state index contributed by atoms with van der Waals surface area (Å²) in [5, 5.41) is 20.4. The fourth-order valence-electron chi connectivity index (χ4n) is 3.10. The summed E-state index contributed by atoms with van der Waals surface area (Å²) in [6.07, 6.45) is 16.4. The summed E-state index contributed by atoms with van der Waals surface area (Å²) in [5.41, 5.74) is 0.961. The molecule has 0 amide bonds. The zero-order valence-electron chi connectivity index (χ0n) is 16.2. The third-order valence-corrected chi connectivity index (χ3v) is 4.53. The molecule has 136 valence electrons. The number of hydrogen-bond acceptors (Lipinski definition) is 2. The topological polar surface area (TPSA) is 60.4 Å². The van der Waals surface area contributed by atoms with E-state index in [0.29, 0.717) is 0 Å². The SMILES string of the molecule is CCCCCCCCCCCCCCc1cc([O-])cc(C(=O)O)c1.[Na+]. The molecular weight excluding hydrogens is 323 g/mol. The zero-order valence-corrected chi connectivity index (χ0v) is 18.2. The van der Waals surface area contributed by atoms with E-state index in [0.717, 1.165) is 24.8 Å². The summed E-state index contributed by atoms with van der Waals surface area (Å²) in [6, 6.07) is 4.38. The summed E-state index contributed by atoms with van der Waals surface area (Å²) in [7, 11) is 0. The van der Waals surface area contributed by atoms with Gasteiger partial charge in [-0.25, -0.2) is 4.79 Å². The molecule has 1 aromatic rings. The van der Waals surface area contributed by atoms with Crippen molar-refractivity contribution in [2.24, 2.45) is 0 Å². The van der Waals surface area contributed by atoms with Crippen LogP contribution < -0.4 is 34.7 Å². The Balaban J connectivity index is 0.00000576. The number of rotatable bonds is 14. The van der Waals surface area contributed by atoms with E-state index in [2.05, 4.69) is 6.92 Å². The minimum Gasteiger partial charge on any atom is -0.872 e.